The molecule has 2 saturated heterocycles. The van der Waals surface area contributed by atoms with Gasteiger partial charge >= 0.3 is 12.1 Å². The van der Waals surface area contributed by atoms with E-state index in [0.29, 0.717) is 6.07 Å². The molecule has 2 aliphatic rings. The SMILES string of the molecule is CC1CCCC(C)N1C(=O)COC(=O)C1CCN(S(=O)(=O)c2cccc(C(F)(F)F)c2)CC1. The van der Waals surface area contributed by atoms with Crippen molar-refractivity contribution in [2.45, 2.75) is 69.1 Å². The van der Waals surface area contributed by atoms with Gasteiger partial charge in [0.2, 0.25) is 10.0 Å². The van der Waals surface area contributed by atoms with E-state index in [2.05, 4.69) is 0 Å². The number of rotatable bonds is 5. The topological polar surface area (TPSA) is 84.0 Å². The van der Waals surface area contributed by atoms with Crippen LogP contribution in [-0.4, -0.2) is 61.3 Å². The predicted molar refractivity (Wildman–Crippen MR) is 114 cm³/mol. The summed E-state index contributed by atoms with van der Waals surface area (Å²) >= 11 is 0. The molecule has 2 heterocycles. The monoisotopic (exact) mass is 490 g/mol. The van der Waals surface area contributed by atoms with Crippen molar-refractivity contribution in [2.24, 2.45) is 5.92 Å². The standard InChI is InChI=1S/C22H29F3N2O5S/c1-15-5-3-6-16(2)27(15)20(28)14-32-21(29)17-9-11-26(12-10-17)33(30,31)19-8-4-7-18(13-19)22(23,24)25/h4,7-8,13,15-17H,3,5-6,9-12,14H2,1-2H3. The number of carbonyl (C=O) groups excluding carboxylic acids is 2. The van der Waals surface area contributed by atoms with Gasteiger partial charge in [0.15, 0.2) is 6.61 Å². The third-order valence-electron chi connectivity index (χ3n) is 6.41. The van der Waals surface area contributed by atoms with E-state index < -0.39 is 38.5 Å². The lowest BCUT2D eigenvalue weighted by molar-refractivity contribution is -0.158. The summed E-state index contributed by atoms with van der Waals surface area (Å²) in [5.41, 5.74) is -1.04. The summed E-state index contributed by atoms with van der Waals surface area (Å²) in [6.07, 6.45) is -1.45. The van der Waals surface area contributed by atoms with Gasteiger partial charge in [-0.1, -0.05) is 6.07 Å². The van der Waals surface area contributed by atoms with Gasteiger partial charge in [-0.3, -0.25) is 9.59 Å². The number of carbonyl (C=O) groups is 2. The molecule has 2 unspecified atom stereocenters. The quantitative estimate of drug-likeness (QED) is 0.591. The molecule has 0 aliphatic carbocycles. The van der Waals surface area contributed by atoms with Crippen LogP contribution in [0, 0.1) is 5.92 Å². The van der Waals surface area contributed by atoms with Crippen LogP contribution in [0.1, 0.15) is 51.5 Å². The van der Waals surface area contributed by atoms with Gasteiger partial charge in [-0.15, -0.1) is 0 Å². The highest BCUT2D eigenvalue weighted by molar-refractivity contribution is 7.89. The Morgan fingerprint density at radius 1 is 1.06 bits per heavy atom. The molecular weight excluding hydrogens is 461 g/mol. The fraction of sp³-hybridized carbons (Fsp3) is 0.636. The van der Waals surface area contributed by atoms with Crippen LogP contribution in [0.15, 0.2) is 29.2 Å². The number of halogens is 3. The maximum Gasteiger partial charge on any atom is 0.416 e. The van der Waals surface area contributed by atoms with Crippen molar-refractivity contribution in [2.75, 3.05) is 19.7 Å². The molecule has 0 aromatic heterocycles. The Hall–Kier alpha value is -2.14. The molecule has 1 aromatic rings. The van der Waals surface area contributed by atoms with Crippen LogP contribution >= 0.6 is 0 Å². The Morgan fingerprint density at radius 2 is 1.67 bits per heavy atom. The Labute approximate surface area is 191 Å². The summed E-state index contributed by atoms with van der Waals surface area (Å²) < 4.78 is 70.7. The Balaban J connectivity index is 1.55. The number of alkyl halides is 3. The normalized spacial score (nSPS) is 23.4. The Morgan fingerprint density at radius 3 is 2.24 bits per heavy atom. The summed E-state index contributed by atoms with van der Waals surface area (Å²) in [5, 5.41) is 0. The van der Waals surface area contributed by atoms with Crippen molar-refractivity contribution in [1.82, 2.24) is 9.21 Å². The van der Waals surface area contributed by atoms with Crippen molar-refractivity contribution in [3.05, 3.63) is 29.8 Å². The van der Waals surface area contributed by atoms with E-state index in [0.717, 1.165) is 41.8 Å². The third-order valence-corrected chi connectivity index (χ3v) is 8.30. The number of benzene rings is 1. The molecule has 0 N–H and O–H groups in total. The smallest absolute Gasteiger partial charge is 0.416 e. The fourth-order valence-corrected chi connectivity index (χ4v) is 6.07. The average molecular weight is 491 g/mol. The number of piperidine rings is 2. The highest BCUT2D eigenvalue weighted by Crippen LogP contribution is 2.32. The molecule has 0 radical (unpaired) electrons. The fourth-order valence-electron chi connectivity index (χ4n) is 4.55. The Bertz CT molecular complexity index is 964. The molecule has 0 saturated carbocycles. The minimum atomic E-state index is -4.65. The van der Waals surface area contributed by atoms with E-state index in [1.54, 1.807) is 4.90 Å². The first-order valence-electron chi connectivity index (χ1n) is 11.1. The number of hydrogen-bond acceptors (Lipinski definition) is 5. The number of hydrogen-bond donors (Lipinski definition) is 0. The maximum atomic E-state index is 12.9. The van der Waals surface area contributed by atoms with Crippen LogP contribution in [-0.2, 0) is 30.5 Å². The largest absolute Gasteiger partial charge is 0.455 e. The van der Waals surface area contributed by atoms with Gasteiger partial charge in [0.05, 0.1) is 16.4 Å². The second-order valence-corrected chi connectivity index (χ2v) is 10.7. The van der Waals surface area contributed by atoms with Crippen LogP contribution in [0.25, 0.3) is 0 Å². The van der Waals surface area contributed by atoms with E-state index in [1.165, 1.54) is 0 Å². The number of sulfonamides is 1. The van der Waals surface area contributed by atoms with E-state index in [9.17, 15) is 31.2 Å². The molecule has 2 fully saturated rings. The summed E-state index contributed by atoms with van der Waals surface area (Å²) in [7, 11) is -4.13. The second kappa shape index (κ2) is 10.0. The van der Waals surface area contributed by atoms with Crippen molar-refractivity contribution in [3.63, 3.8) is 0 Å². The first-order chi connectivity index (χ1) is 15.4. The maximum absolute atomic E-state index is 12.9. The van der Waals surface area contributed by atoms with Gasteiger partial charge in [-0.05, 0) is 64.2 Å². The zero-order valence-corrected chi connectivity index (χ0v) is 19.5. The Kier molecular flexibility index (Phi) is 7.73. The molecule has 0 bridgehead atoms. The zero-order chi connectivity index (χ0) is 24.4. The van der Waals surface area contributed by atoms with E-state index in [1.807, 2.05) is 13.8 Å². The van der Waals surface area contributed by atoms with Crippen molar-refractivity contribution < 1.29 is 35.9 Å². The molecule has 1 aromatic carbocycles. The molecule has 33 heavy (non-hydrogen) atoms. The molecular formula is C22H29F3N2O5S. The average Bonchev–Trinajstić information content (AvgIpc) is 2.77. The van der Waals surface area contributed by atoms with Crippen molar-refractivity contribution in [3.8, 4) is 0 Å². The number of ether oxygens (including phenoxy) is 1. The second-order valence-electron chi connectivity index (χ2n) is 8.74. The molecule has 7 nitrogen and oxygen atoms in total. The lowest BCUT2D eigenvalue weighted by Crippen LogP contribution is -2.49. The molecule has 1 amide bonds. The van der Waals surface area contributed by atoms with E-state index in [4.69, 9.17) is 4.74 Å². The van der Waals surface area contributed by atoms with Crippen LogP contribution < -0.4 is 0 Å². The molecule has 11 heteroatoms. The summed E-state index contributed by atoms with van der Waals surface area (Å²) in [6, 6.07) is 3.78. The molecule has 184 valence electrons. The summed E-state index contributed by atoms with van der Waals surface area (Å²) in [6.45, 7) is 3.54. The highest BCUT2D eigenvalue weighted by atomic mass is 32.2. The van der Waals surface area contributed by atoms with Gasteiger partial charge in [-0.2, -0.15) is 17.5 Å². The van der Waals surface area contributed by atoms with E-state index >= 15 is 0 Å². The van der Waals surface area contributed by atoms with Gasteiger partial charge in [0, 0.05) is 25.2 Å². The summed E-state index contributed by atoms with van der Waals surface area (Å²) in [5.74, 6) is -1.37. The lowest BCUT2D eigenvalue weighted by Gasteiger charge is -2.39. The summed E-state index contributed by atoms with van der Waals surface area (Å²) in [4.78, 5) is 26.3. The minimum Gasteiger partial charge on any atom is -0.455 e. The van der Waals surface area contributed by atoms with Gasteiger partial charge < -0.3 is 9.64 Å². The predicted octanol–water partition coefficient (Wildman–Crippen LogP) is 3.44. The lowest BCUT2D eigenvalue weighted by atomic mass is 9.97. The van der Waals surface area contributed by atoms with Crippen LogP contribution in [0.3, 0.4) is 0 Å². The first kappa shape index (κ1) is 25.5. The van der Waals surface area contributed by atoms with E-state index in [-0.39, 0.29) is 50.5 Å². The van der Waals surface area contributed by atoms with Gasteiger partial charge in [-0.25, -0.2) is 8.42 Å². The number of likely N-dealkylation sites (tertiary alicyclic amines) is 1. The number of esters is 1. The third kappa shape index (κ3) is 5.87. The van der Waals surface area contributed by atoms with Crippen LogP contribution in [0.4, 0.5) is 13.2 Å². The molecule has 2 aliphatic heterocycles. The molecule has 2 atom stereocenters. The minimum absolute atomic E-state index is 0.0213. The molecule has 0 spiro atoms. The highest BCUT2D eigenvalue weighted by Gasteiger charge is 2.36. The number of nitrogens with zero attached hydrogens (tertiary/aromatic N) is 2. The van der Waals surface area contributed by atoms with Crippen LogP contribution in [0.5, 0.6) is 0 Å². The van der Waals surface area contributed by atoms with Gasteiger partial charge in [0.1, 0.15) is 0 Å². The first-order valence-corrected chi connectivity index (χ1v) is 12.5. The van der Waals surface area contributed by atoms with Crippen LogP contribution in [0.2, 0.25) is 0 Å². The molecule has 3 rings (SSSR count). The van der Waals surface area contributed by atoms with Crippen molar-refractivity contribution in [1.29, 1.82) is 0 Å². The van der Waals surface area contributed by atoms with Crippen molar-refractivity contribution >= 4 is 21.9 Å². The number of amides is 1. The van der Waals surface area contributed by atoms with Gasteiger partial charge in [0.25, 0.3) is 5.91 Å². The zero-order valence-electron chi connectivity index (χ0n) is 18.7.